The summed E-state index contributed by atoms with van der Waals surface area (Å²) in [6, 6.07) is 0.488. The van der Waals surface area contributed by atoms with Gasteiger partial charge in [-0.25, -0.2) is 4.79 Å². The topological polar surface area (TPSA) is 62.7 Å². The highest BCUT2D eigenvalue weighted by Gasteiger charge is 2.49. The van der Waals surface area contributed by atoms with Crippen molar-refractivity contribution in [2.45, 2.75) is 38.6 Å². The van der Waals surface area contributed by atoms with Crippen LogP contribution in [0.15, 0.2) is 22.8 Å². The molecule has 2 rings (SSSR count). The number of amides is 2. The lowest BCUT2D eigenvalue weighted by atomic mass is 10.1. The largest absolute Gasteiger partial charge is 0.444 e. The van der Waals surface area contributed by atoms with Crippen molar-refractivity contribution in [2.75, 3.05) is 19.6 Å². The van der Waals surface area contributed by atoms with Crippen molar-refractivity contribution >= 4 is 27.9 Å². The lowest BCUT2D eigenvalue weighted by molar-refractivity contribution is -0.196. The minimum Gasteiger partial charge on any atom is -0.444 e. The number of ether oxygens (including phenoxy) is 1. The number of aromatic nitrogens is 1. The van der Waals surface area contributed by atoms with Crippen LogP contribution in [0.4, 0.5) is 18.0 Å². The Labute approximate surface area is 157 Å². The van der Waals surface area contributed by atoms with E-state index in [1.54, 1.807) is 20.8 Å². The number of hydrogen-bond acceptors (Lipinski definition) is 4. The van der Waals surface area contributed by atoms with Gasteiger partial charge in [0.2, 0.25) is 5.91 Å². The van der Waals surface area contributed by atoms with Crippen LogP contribution in [0.3, 0.4) is 0 Å². The Morgan fingerprint density at radius 2 is 1.92 bits per heavy atom. The molecule has 26 heavy (non-hydrogen) atoms. The number of rotatable bonds is 2. The van der Waals surface area contributed by atoms with Gasteiger partial charge in [0.1, 0.15) is 12.1 Å². The Morgan fingerprint density at radius 3 is 2.38 bits per heavy atom. The zero-order chi connectivity index (χ0) is 19.7. The van der Waals surface area contributed by atoms with E-state index in [9.17, 15) is 22.8 Å². The molecule has 1 aromatic rings. The molecular formula is C16H19BrF3N3O3. The molecular weight excluding hydrogens is 419 g/mol. The summed E-state index contributed by atoms with van der Waals surface area (Å²) in [5.41, 5.74) is -1.03. The van der Waals surface area contributed by atoms with E-state index < -0.39 is 36.4 Å². The molecule has 0 bridgehead atoms. The van der Waals surface area contributed by atoms with Crippen LogP contribution in [0.5, 0.6) is 0 Å². The summed E-state index contributed by atoms with van der Waals surface area (Å²) >= 11 is 3.12. The van der Waals surface area contributed by atoms with Gasteiger partial charge in [0, 0.05) is 23.8 Å². The Morgan fingerprint density at radius 1 is 1.27 bits per heavy atom. The van der Waals surface area contributed by atoms with Gasteiger partial charge in [-0.2, -0.15) is 13.2 Å². The maximum absolute atomic E-state index is 13.6. The van der Waals surface area contributed by atoms with Gasteiger partial charge >= 0.3 is 12.3 Å². The lowest BCUT2D eigenvalue weighted by Crippen LogP contribution is -2.56. The van der Waals surface area contributed by atoms with Crippen LogP contribution in [-0.2, 0) is 9.53 Å². The fraction of sp³-hybridized carbons (Fsp3) is 0.562. The molecule has 144 valence electrons. The average molecular weight is 438 g/mol. The summed E-state index contributed by atoms with van der Waals surface area (Å²) in [5, 5.41) is 0. The Kier molecular flexibility index (Phi) is 5.84. The average Bonchev–Trinajstić information content (AvgIpc) is 2.48. The molecule has 6 nitrogen and oxygen atoms in total. The summed E-state index contributed by atoms with van der Waals surface area (Å²) < 4.78 is 46.5. The van der Waals surface area contributed by atoms with Gasteiger partial charge in [0.15, 0.2) is 6.04 Å². The fourth-order valence-electron chi connectivity index (χ4n) is 2.49. The molecule has 0 aromatic carbocycles. The van der Waals surface area contributed by atoms with Crippen LogP contribution < -0.4 is 0 Å². The number of nitrogens with zero attached hydrogens (tertiary/aromatic N) is 3. The van der Waals surface area contributed by atoms with Crippen LogP contribution in [0.2, 0.25) is 0 Å². The molecule has 1 unspecified atom stereocenters. The third-order valence-electron chi connectivity index (χ3n) is 3.56. The monoisotopic (exact) mass is 437 g/mol. The number of halogens is 4. The first kappa shape index (κ1) is 20.5. The molecule has 2 heterocycles. The summed E-state index contributed by atoms with van der Waals surface area (Å²) in [6.45, 7) is 4.22. The molecule has 0 N–H and O–H groups in total. The smallest absolute Gasteiger partial charge is 0.414 e. The lowest BCUT2D eigenvalue weighted by Gasteiger charge is -2.39. The third-order valence-corrected chi connectivity index (χ3v) is 4.03. The van der Waals surface area contributed by atoms with E-state index in [4.69, 9.17) is 4.74 Å². The van der Waals surface area contributed by atoms with Gasteiger partial charge in [-0.3, -0.25) is 14.7 Å². The van der Waals surface area contributed by atoms with E-state index in [0.717, 1.165) is 4.90 Å². The van der Waals surface area contributed by atoms with Crippen molar-refractivity contribution in [2.24, 2.45) is 0 Å². The highest BCUT2D eigenvalue weighted by Crippen LogP contribution is 2.37. The Hall–Kier alpha value is -1.84. The van der Waals surface area contributed by atoms with Gasteiger partial charge < -0.3 is 9.64 Å². The quantitative estimate of drug-likeness (QED) is 0.709. The van der Waals surface area contributed by atoms with E-state index in [1.807, 2.05) is 0 Å². The van der Waals surface area contributed by atoms with Gasteiger partial charge in [0.25, 0.3) is 0 Å². The first-order chi connectivity index (χ1) is 11.9. The number of carbonyl (C=O) groups excluding carboxylic acids is 2. The van der Waals surface area contributed by atoms with E-state index in [2.05, 4.69) is 20.9 Å². The van der Waals surface area contributed by atoms with E-state index in [1.165, 1.54) is 18.3 Å². The van der Waals surface area contributed by atoms with E-state index >= 15 is 0 Å². The second-order valence-electron chi connectivity index (χ2n) is 6.83. The van der Waals surface area contributed by atoms with E-state index in [-0.39, 0.29) is 18.8 Å². The second kappa shape index (κ2) is 7.42. The summed E-state index contributed by atoms with van der Waals surface area (Å²) in [5.74, 6) is -0.811. The van der Waals surface area contributed by atoms with Crippen LogP contribution in [0.25, 0.3) is 0 Å². The predicted octanol–water partition coefficient (Wildman–Crippen LogP) is 3.53. The molecule has 1 fully saturated rings. The zero-order valence-corrected chi connectivity index (χ0v) is 16.1. The number of alkyl halides is 3. The van der Waals surface area contributed by atoms with Gasteiger partial charge in [0.05, 0.1) is 5.69 Å². The molecule has 0 aliphatic carbocycles. The first-order valence-corrected chi connectivity index (χ1v) is 8.63. The molecule has 0 spiro atoms. The minimum absolute atomic E-state index is 0.0518. The molecule has 1 atom stereocenters. The normalized spacial score (nSPS) is 17.3. The maximum atomic E-state index is 13.6. The Balaban J connectivity index is 2.18. The van der Waals surface area contributed by atoms with Crippen molar-refractivity contribution in [3.8, 4) is 0 Å². The highest BCUT2D eigenvalue weighted by atomic mass is 79.9. The standard InChI is InChI=1S/C16H19BrF3N3O3/c1-15(2,3)26-14(25)22-6-7-23(12(24)9-22)13(16(18,19)20)11-5-4-10(17)8-21-11/h4-5,8,13H,6-7,9H2,1-3H3. The number of pyridine rings is 1. The molecule has 0 saturated carbocycles. The van der Waals surface area contributed by atoms with Gasteiger partial charge in [-0.15, -0.1) is 0 Å². The second-order valence-corrected chi connectivity index (χ2v) is 7.75. The van der Waals surface area contributed by atoms with Crippen LogP contribution in [-0.4, -0.2) is 58.2 Å². The van der Waals surface area contributed by atoms with E-state index in [0.29, 0.717) is 9.37 Å². The molecule has 1 aromatic heterocycles. The van der Waals surface area contributed by atoms with Crippen LogP contribution >= 0.6 is 15.9 Å². The summed E-state index contributed by atoms with van der Waals surface area (Å²) in [4.78, 5) is 30.0. The molecule has 1 aliphatic rings. The van der Waals surface area contributed by atoms with Crippen molar-refractivity contribution in [1.29, 1.82) is 0 Å². The van der Waals surface area contributed by atoms with Crippen molar-refractivity contribution in [3.63, 3.8) is 0 Å². The van der Waals surface area contributed by atoms with Crippen LogP contribution in [0.1, 0.15) is 32.5 Å². The summed E-state index contributed by atoms with van der Waals surface area (Å²) in [6.07, 6.45) is -4.17. The van der Waals surface area contributed by atoms with Gasteiger partial charge in [-0.05, 0) is 48.8 Å². The molecule has 2 amide bonds. The van der Waals surface area contributed by atoms with Gasteiger partial charge in [-0.1, -0.05) is 0 Å². The highest BCUT2D eigenvalue weighted by molar-refractivity contribution is 9.10. The van der Waals surface area contributed by atoms with Crippen molar-refractivity contribution < 1.29 is 27.5 Å². The third kappa shape index (κ3) is 5.09. The van der Waals surface area contributed by atoms with Crippen molar-refractivity contribution in [3.05, 3.63) is 28.5 Å². The summed E-state index contributed by atoms with van der Waals surface area (Å²) in [7, 11) is 0. The molecule has 0 radical (unpaired) electrons. The molecule has 1 saturated heterocycles. The van der Waals surface area contributed by atoms with Crippen molar-refractivity contribution in [1.82, 2.24) is 14.8 Å². The van der Waals surface area contributed by atoms with Crippen LogP contribution in [0, 0.1) is 0 Å². The number of hydrogen-bond donors (Lipinski definition) is 0. The minimum atomic E-state index is -4.69. The number of carbonyl (C=O) groups is 2. The molecule has 10 heteroatoms. The maximum Gasteiger partial charge on any atom is 0.414 e. The SMILES string of the molecule is CC(C)(C)OC(=O)N1CCN(C(c2ccc(Br)cn2)C(F)(F)F)C(=O)C1. The number of piperazine rings is 1. The Bertz CT molecular complexity index is 674. The first-order valence-electron chi connectivity index (χ1n) is 7.84. The molecule has 1 aliphatic heterocycles. The fourth-order valence-corrected chi connectivity index (χ4v) is 2.73. The zero-order valence-electron chi connectivity index (χ0n) is 14.5. The predicted molar refractivity (Wildman–Crippen MR) is 90.3 cm³/mol.